The quantitative estimate of drug-likeness (QED) is 0.173. The number of nitrogens with zero attached hydrogens (tertiary/aromatic N) is 3. The molecule has 9 rings (SSSR count). The molecule has 0 atom stereocenters. The average molecular weight is 930 g/mol. The van der Waals surface area contributed by atoms with Crippen molar-refractivity contribution in [2.75, 3.05) is 0 Å². The molecule has 4 nitrogen and oxygen atoms in total. The molecular weight excluding hydrogens is 851 g/mol. The third-order valence-electron chi connectivity index (χ3n) is 13.3. The Morgan fingerprint density at radius 3 is 1.79 bits per heavy atom. The van der Waals surface area contributed by atoms with Crippen LogP contribution in [0.5, 0.6) is 5.75 Å². The molecule has 0 bridgehead atoms. The molecule has 2 heterocycles. The van der Waals surface area contributed by atoms with Gasteiger partial charge >= 0.3 is 0 Å². The van der Waals surface area contributed by atoms with Crippen molar-refractivity contribution in [2.24, 2.45) is 0 Å². The largest absolute Gasteiger partial charge is 0.507 e. The summed E-state index contributed by atoms with van der Waals surface area (Å²) in [7, 11) is 0. The number of aromatic hydroxyl groups is 1. The number of aryl methyl sites for hydroxylation is 1. The van der Waals surface area contributed by atoms with Gasteiger partial charge in [0.1, 0.15) is 11.6 Å². The summed E-state index contributed by atoms with van der Waals surface area (Å²) in [6, 6.07) is 39.1. The summed E-state index contributed by atoms with van der Waals surface area (Å²) in [6.07, 6.45) is 1.54. The van der Waals surface area contributed by atoms with E-state index in [9.17, 15) is 5.11 Å². The molecule has 0 aliphatic carbocycles. The molecule has 0 radical (unpaired) electrons. The van der Waals surface area contributed by atoms with Gasteiger partial charge in [-0.15, -0.1) is 0 Å². The summed E-state index contributed by atoms with van der Waals surface area (Å²) >= 11 is 0. The van der Waals surface area contributed by atoms with Gasteiger partial charge in [0, 0.05) is 36.7 Å². The third-order valence-corrected chi connectivity index (χ3v) is 13.3. The van der Waals surface area contributed by atoms with E-state index in [4.69, 9.17) is 23.7 Å². The topological polar surface area (TPSA) is 50.9 Å². The number of benzene rings is 7. The van der Waals surface area contributed by atoms with Crippen LogP contribution in [0.1, 0.15) is 130 Å². The highest BCUT2D eigenvalue weighted by Gasteiger charge is 2.30. The van der Waals surface area contributed by atoms with E-state index in [1.54, 1.807) is 24.4 Å². The SMILES string of the molecule is [2H]c1c([2H])c(C([2H])([2H])[2H])c([2H])c([2H])c1-c1ccnc(-c2cc(-c3cccc4c3nc(-c3cc(C(C)(C)C)cc(C(C)(C)C)c3O)n4-c3cc(C([2H])([2H])[2H])c(-c4ccccc4)cc3-c3ccc(C(C)(C)C)cc3)cc(C(C)(C)C)c2)c1. The molecule has 0 spiro atoms. The summed E-state index contributed by atoms with van der Waals surface area (Å²) in [5.41, 5.74) is 10.1. The number of fused-ring (bicyclic) bond motifs is 1. The van der Waals surface area contributed by atoms with Crippen LogP contribution in [0.4, 0.5) is 0 Å². The number of pyridine rings is 1. The van der Waals surface area contributed by atoms with Gasteiger partial charge in [0.25, 0.3) is 0 Å². The first-order valence-corrected chi connectivity index (χ1v) is 24.0. The Kier molecular flexibility index (Phi) is 9.34. The minimum Gasteiger partial charge on any atom is -0.507 e. The monoisotopic (exact) mass is 930 g/mol. The van der Waals surface area contributed by atoms with Gasteiger partial charge in [0.05, 0.1) is 33.5 Å². The van der Waals surface area contributed by atoms with Crippen molar-refractivity contribution in [2.45, 2.75) is 118 Å². The van der Waals surface area contributed by atoms with Gasteiger partial charge in [-0.2, -0.15) is 0 Å². The summed E-state index contributed by atoms with van der Waals surface area (Å²) in [5.74, 6) is 0.471. The van der Waals surface area contributed by atoms with Crippen molar-refractivity contribution in [3.63, 3.8) is 0 Å². The lowest BCUT2D eigenvalue weighted by Gasteiger charge is -2.28. The van der Waals surface area contributed by atoms with E-state index in [0.29, 0.717) is 50.5 Å². The van der Waals surface area contributed by atoms with E-state index in [2.05, 4.69) is 119 Å². The van der Waals surface area contributed by atoms with Gasteiger partial charge in [0.2, 0.25) is 0 Å². The Hall–Kier alpha value is -7.04. The third kappa shape index (κ3) is 9.37. The lowest BCUT2D eigenvalue weighted by atomic mass is 9.79. The van der Waals surface area contributed by atoms with Crippen molar-refractivity contribution < 1.29 is 18.8 Å². The van der Waals surface area contributed by atoms with Crippen LogP contribution >= 0.6 is 0 Å². The fraction of sp³-hybridized carbons (Fsp3) is 0.273. The predicted octanol–water partition coefficient (Wildman–Crippen LogP) is 17.9. The Morgan fingerprint density at radius 2 is 1.14 bits per heavy atom. The van der Waals surface area contributed by atoms with Crippen LogP contribution < -0.4 is 0 Å². The molecule has 7 aromatic carbocycles. The van der Waals surface area contributed by atoms with Crippen LogP contribution in [0.3, 0.4) is 0 Å². The molecule has 4 heteroatoms. The lowest BCUT2D eigenvalue weighted by Crippen LogP contribution is -2.17. The van der Waals surface area contributed by atoms with Gasteiger partial charge in [-0.3, -0.25) is 9.55 Å². The van der Waals surface area contributed by atoms with Gasteiger partial charge in [0.15, 0.2) is 0 Å². The Labute approximate surface area is 431 Å². The van der Waals surface area contributed by atoms with Gasteiger partial charge in [-0.05, 0) is 140 Å². The Morgan fingerprint density at radius 1 is 0.486 bits per heavy atom. The minimum atomic E-state index is -2.86. The molecule has 70 heavy (non-hydrogen) atoms. The maximum Gasteiger partial charge on any atom is 0.149 e. The smallest absolute Gasteiger partial charge is 0.149 e. The summed E-state index contributed by atoms with van der Waals surface area (Å²) in [5, 5.41) is 12.8. The highest BCUT2D eigenvalue weighted by Crippen LogP contribution is 2.47. The first-order chi connectivity index (χ1) is 37.0. The zero-order valence-electron chi connectivity index (χ0n) is 52.5. The molecule has 2 aromatic heterocycles. The van der Waals surface area contributed by atoms with Crippen molar-refractivity contribution in [1.29, 1.82) is 0 Å². The predicted molar refractivity (Wildman–Crippen MR) is 297 cm³/mol. The molecule has 0 saturated carbocycles. The molecule has 0 aliphatic heterocycles. The number of hydrogen-bond acceptors (Lipinski definition) is 3. The molecule has 1 N–H and O–H groups in total. The van der Waals surface area contributed by atoms with E-state index in [-0.39, 0.29) is 27.7 Å². The maximum atomic E-state index is 12.8. The molecule has 9 aromatic rings. The zero-order valence-corrected chi connectivity index (χ0v) is 42.5. The van der Waals surface area contributed by atoms with Crippen LogP contribution in [-0.2, 0) is 21.7 Å². The van der Waals surface area contributed by atoms with Crippen molar-refractivity contribution >= 4 is 11.0 Å². The van der Waals surface area contributed by atoms with E-state index < -0.39 is 54.3 Å². The van der Waals surface area contributed by atoms with Gasteiger partial charge in [-0.1, -0.05) is 192 Å². The van der Waals surface area contributed by atoms with E-state index in [1.807, 2.05) is 77.4 Å². The second-order valence-corrected chi connectivity index (χ2v) is 22.7. The molecule has 0 amide bonds. The minimum absolute atomic E-state index is 0.0388. The summed E-state index contributed by atoms with van der Waals surface area (Å²) in [6.45, 7) is 20.0. The Bertz CT molecular complexity index is 3850. The zero-order chi connectivity index (χ0) is 58.6. The average Bonchev–Trinajstić information content (AvgIpc) is 3.78. The maximum absolute atomic E-state index is 12.8. The molecule has 0 unspecified atom stereocenters. The van der Waals surface area contributed by atoms with Gasteiger partial charge < -0.3 is 5.11 Å². The number of rotatable bonds is 7. The van der Waals surface area contributed by atoms with Crippen LogP contribution in [0.2, 0.25) is 0 Å². The van der Waals surface area contributed by atoms with E-state index in [1.165, 1.54) is 0 Å². The molecular formula is C66H69N3O. The Balaban J connectivity index is 1.40. The van der Waals surface area contributed by atoms with Crippen molar-refractivity contribution in [3.05, 3.63) is 191 Å². The first-order valence-electron chi connectivity index (χ1n) is 29.0. The highest BCUT2D eigenvalue weighted by molar-refractivity contribution is 5.98. The normalized spacial score (nSPS) is 14.9. The van der Waals surface area contributed by atoms with E-state index in [0.717, 1.165) is 50.1 Å². The number of aromatic nitrogens is 3. The van der Waals surface area contributed by atoms with Crippen molar-refractivity contribution in [1.82, 2.24) is 14.5 Å². The number of phenols is 1. The lowest BCUT2D eigenvalue weighted by molar-refractivity contribution is 0.446. The number of phenolic OH excluding ortho intramolecular Hbond substituents is 1. The number of para-hydroxylation sites is 1. The standard InChI is InChI=1S/C66H69N3O/c1-41-23-25-43(26-24-41)46-31-32-67-57(37-46)48-34-47(35-50(36-48)64(6,7)8)52-21-18-22-58-60(52)68-62(55-38-51(65(9,10)11)39-56(61(55)70)66(12,13)14)69(58)59-33-42(2)53(44-19-16-15-17-20-44)40-54(59)45-27-29-49(30-28-45)63(3,4)5/h15-40,70H,1-14H3/i1D3,2D3,23D,24D,25D,26D. The van der Waals surface area contributed by atoms with Crippen LogP contribution in [0, 0.1) is 13.7 Å². The van der Waals surface area contributed by atoms with Crippen LogP contribution in [0.15, 0.2) is 158 Å². The van der Waals surface area contributed by atoms with Crippen LogP contribution in [0.25, 0.3) is 83.9 Å². The first kappa shape index (κ1) is 36.9. The summed E-state index contributed by atoms with van der Waals surface area (Å²) in [4.78, 5) is 10.4. The number of hydrogen-bond donors (Lipinski definition) is 1. The second kappa shape index (κ2) is 17.7. The molecule has 0 saturated heterocycles. The highest BCUT2D eigenvalue weighted by atomic mass is 16.3. The van der Waals surface area contributed by atoms with E-state index >= 15 is 0 Å². The van der Waals surface area contributed by atoms with Gasteiger partial charge in [-0.25, -0.2) is 4.98 Å². The molecule has 0 fully saturated rings. The molecule has 354 valence electrons. The second-order valence-electron chi connectivity index (χ2n) is 22.7. The fourth-order valence-corrected chi connectivity index (χ4v) is 9.14. The fourth-order valence-electron chi connectivity index (χ4n) is 9.14. The molecule has 0 aliphatic rings. The van der Waals surface area contributed by atoms with Crippen LogP contribution in [-0.4, -0.2) is 19.6 Å². The van der Waals surface area contributed by atoms with Crippen molar-refractivity contribution in [3.8, 4) is 78.6 Å². The number of imidazole rings is 1. The summed E-state index contributed by atoms with van der Waals surface area (Å²) < 4.78 is 88.4.